The van der Waals surface area contributed by atoms with Gasteiger partial charge in [-0.3, -0.25) is 4.79 Å². The van der Waals surface area contributed by atoms with Gasteiger partial charge in [-0.15, -0.1) is 0 Å². The maximum absolute atomic E-state index is 10.5. The van der Waals surface area contributed by atoms with Crippen LogP contribution in [-0.4, -0.2) is 59.6 Å². The molecule has 1 heterocycles. The Hall–Kier alpha value is -0.610. The predicted molar refractivity (Wildman–Crippen MR) is 64.6 cm³/mol. The highest BCUT2D eigenvalue weighted by Gasteiger charge is 2.23. The molecule has 16 heavy (non-hydrogen) atoms. The molecule has 1 aliphatic heterocycles. The summed E-state index contributed by atoms with van der Waals surface area (Å²) in [5, 5.41) is 8.64. The fourth-order valence-corrected chi connectivity index (χ4v) is 2.30. The van der Waals surface area contributed by atoms with Gasteiger partial charge in [0.2, 0.25) is 0 Å². The minimum atomic E-state index is -0.702. The van der Waals surface area contributed by atoms with Crippen molar-refractivity contribution in [2.45, 2.75) is 45.2 Å². The Morgan fingerprint density at radius 3 is 2.44 bits per heavy atom. The van der Waals surface area contributed by atoms with Crippen LogP contribution >= 0.6 is 0 Å². The first-order valence-electron chi connectivity index (χ1n) is 6.16. The van der Waals surface area contributed by atoms with Crippen LogP contribution in [0.25, 0.3) is 0 Å². The van der Waals surface area contributed by atoms with E-state index in [0.29, 0.717) is 18.6 Å². The van der Waals surface area contributed by atoms with Gasteiger partial charge in [-0.1, -0.05) is 0 Å². The monoisotopic (exact) mass is 228 g/mol. The molecule has 1 saturated heterocycles. The Balaban J connectivity index is 2.27. The summed E-state index contributed by atoms with van der Waals surface area (Å²) in [6, 6.07) is 1.19. The van der Waals surface area contributed by atoms with Crippen LogP contribution in [0, 0.1) is 0 Å². The lowest BCUT2D eigenvalue weighted by Crippen LogP contribution is -2.46. The number of nitrogens with zero attached hydrogens (tertiary/aromatic N) is 2. The second-order valence-corrected chi connectivity index (χ2v) is 4.99. The Morgan fingerprint density at radius 2 is 2.00 bits per heavy atom. The van der Waals surface area contributed by atoms with E-state index < -0.39 is 5.97 Å². The van der Waals surface area contributed by atoms with E-state index in [0.717, 1.165) is 25.9 Å². The quantitative estimate of drug-likeness (QED) is 0.769. The Morgan fingerprint density at radius 1 is 1.44 bits per heavy atom. The van der Waals surface area contributed by atoms with Crippen LogP contribution in [0.3, 0.4) is 0 Å². The summed E-state index contributed by atoms with van der Waals surface area (Å²) in [6.07, 6.45) is 2.57. The van der Waals surface area contributed by atoms with Crippen molar-refractivity contribution in [3.05, 3.63) is 0 Å². The van der Waals surface area contributed by atoms with E-state index in [4.69, 9.17) is 5.11 Å². The lowest BCUT2D eigenvalue weighted by Gasteiger charge is -2.38. The Bertz CT molecular complexity index is 223. The summed E-state index contributed by atoms with van der Waals surface area (Å²) in [5.74, 6) is -0.702. The van der Waals surface area contributed by atoms with E-state index in [1.54, 1.807) is 0 Å². The van der Waals surface area contributed by atoms with E-state index >= 15 is 0 Å². The topological polar surface area (TPSA) is 43.8 Å². The highest BCUT2D eigenvalue weighted by Crippen LogP contribution is 2.17. The van der Waals surface area contributed by atoms with Gasteiger partial charge in [-0.25, -0.2) is 0 Å². The molecule has 1 rings (SSSR count). The van der Waals surface area contributed by atoms with Gasteiger partial charge in [0.05, 0.1) is 6.42 Å². The fraction of sp³-hybridized carbons (Fsp3) is 0.917. The highest BCUT2D eigenvalue weighted by molar-refractivity contribution is 5.66. The number of rotatable bonds is 5. The number of carboxylic acids is 1. The molecule has 1 aliphatic rings. The third-order valence-corrected chi connectivity index (χ3v) is 3.53. The molecule has 0 aliphatic carbocycles. The SMILES string of the molecule is CC(C)N1CCC(N(C)CCC(=O)O)CC1. The maximum Gasteiger partial charge on any atom is 0.304 e. The van der Waals surface area contributed by atoms with Crippen molar-refractivity contribution in [3.63, 3.8) is 0 Å². The van der Waals surface area contributed by atoms with Crippen molar-refractivity contribution < 1.29 is 9.90 Å². The van der Waals surface area contributed by atoms with Gasteiger partial charge in [0, 0.05) is 18.6 Å². The van der Waals surface area contributed by atoms with Crippen molar-refractivity contribution in [2.24, 2.45) is 0 Å². The molecular formula is C12H24N2O2. The molecule has 1 fully saturated rings. The second-order valence-electron chi connectivity index (χ2n) is 4.99. The summed E-state index contributed by atoms with van der Waals surface area (Å²) in [7, 11) is 2.04. The normalized spacial score (nSPS) is 19.6. The van der Waals surface area contributed by atoms with Crippen LogP contribution in [0.15, 0.2) is 0 Å². The molecule has 4 heteroatoms. The molecule has 0 atom stereocenters. The summed E-state index contributed by atoms with van der Waals surface area (Å²) in [4.78, 5) is 15.2. The smallest absolute Gasteiger partial charge is 0.304 e. The third kappa shape index (κ3) is 4.10. The lowest BCUT2D eigenvalue weighted by atomic mass is 10.0. The summed E-state index contributed by atoms with van der Waals surface area (Å²) >= 11 is 0. The zero-order valence-corrected chi connectivity index (χ0v) is 10.6. The first-order chi connectivity index (χ1) is 7.50. The van der Waals surface area contributed by atoms with E-state index in [2.05, 4.69) is 23.6 Å². The predicted octanol–water partition coefficient (Wildman–Crippen LogP) is 1.27. The van der Waals surface area contributed by atoms with Gasteiger partial charge in [-0.05, 0) is 46.8 Å². The largest absolute Gasteiger partial charge is 0.481 e. The van der Waals surface area contributed by atoms with Gasteiger partial charge in [0.15, 0.2) is 0 Å². The molecule has 0 bridgehead atoms. The third-order valence-electron chi connectivity index (χ3n) is 3.53. The molecule has 0 radical (unpaired) electrons. The summed E-state index contributed by atoms with van der Waals surface area (Å²) < 4.78 is 0. The van der Waals surface area contributed by atoms with E-state index in [-0.39, 0.29) is 6.42 Å². The Labute approximate surface area is 98.2 Å². The molecule has 1 N–H and O–H groups in total. The van der Waals surface area contributed by atoms with Crippen LogP contribution < -0.4 is 0 Å². The lowest BCUT2D eigenvalue weighted by molar-refractivity contribution is -0.137. The maximum atomic E-state index is 10.5. The average molecular weight is 228 g/mol. The van der Waals surface area contributed by atoms with Crippen LogP contribution in [0.2, 0.25) is 0 Å². The molecule has 94 valence electrons. The van der Waals surface area contributed by atoms with Gasteiger partial charge in [0.1, 0.15) is 0 Å². The minimum Gasteiger partial charge on any atom is -0.481 e. The van der Waals surface area contributed by atoms with E-state index in [9.17, 15) is 4.79 Å². The standard InChI is InChI=1S/C12H24N2O2/c1-10(2)14-8-4-11(5-9-14)13(3)7-6-12(15)16/h10-11H,4-9H2,1-3H3,(H,15,16). The van der Waals surface area contributed by atoms with Crippen molar-refractivity contribution in [1.82, 2.24) is 9.80 Å². The number of carboxylic acid groups (broad SMARTS) is 1. The van der Waals surface area contributed by atoms with Crippen molar-refractivity contribution in [3.8, 4) is 0 Å². The second kappa shape index (κ2) is 6.21. The van der Waals surface area contributed by atoms with Crippen LogP contribution in [0.5, 0.6) is 0 Å². The van der Waals surface area contributed by atoms with Gasteiger partial charge < -0.3 is 14.9 Å². The van der Waals surface area contributed by atoms with Crippen molar-refractivity contribution in [1.29, 1.82) is 0 Å². The molecule has 0 aromatic rings. The fourth-order valence-electron chi connectivity index (χ4n) is 2.30. The van der Waals surface area contributed by atoms with Crippen molar-refractivity contribution >= 4 is 5.97 Å². The van der Waals surface area contributed by atoms with Crippen LogP contribution in [0.4, 0.5) is 0 Å². The Kier molecular flexibility index (Phi) is 5.22. The van der Waals surface area contributed by atoms with Gasteiger partial charge in [0.25, 0.3) is 0 Å². The molecule has 0 amide bonds. The average Bonchev–Trinajstić information content (AvgIpc) is 2.26. The molecular weight excluding hydrogens is 204 g/mol. The van der Waals surface area contributed by atoms with Crippen LogP contribution in [0.1, 0.15) is 33.1 Å². The number of piperidine rings is 1. The summed E-state index contributed by atoms with van der Waals surface area (Å²) in [6.45, 7) is 7.41. The highest BCUT2D eigenvalue weighted by atomic mass is 16.4. The first kappa shape index (κ1) is 13.5. The molecule has 0 saturated carbocycles. The molecule has 0 aromatic heterocycles. The zero-order chi connectivity index (χ0) is 12.1. The zero-order valence-electron chi connectivity index (χ0n) is 10.6. The van der Waals surface area contributed by atoms with E-state index in [1.807, 2.05) is 7.05 Å². The number of likely N-dealkylation sites (tertiary alicyclic amines) is 1. The number of aliphatic carboxylic acids is 1. The van der Waals surface area contributed by atoms with Gasteiger partial charge >= 0.3 is 5.97 Å². The summed E-state index contributed by atoms with van der Waals surface area (Å²) in [5.41, 5.74) is 0. The van der Waals surface area contributed by atoms with E-state index in [1.165, 1.54) is 0 Å². The minimum absolute atomic E-state index is 0.251. The number of hydrogen-bond donors (Lipinski definition) is 1. The van der Waals surface area contributed by atoms with Crippen LogP contribution in [-0.2, 0) is 4.79 Å². The molecule has 0 aromatic carbocycles. The van der Waals surface area contributed by atoms with Gasteiger partial charge in [-0.2, -0.15) is 0 Å². The molecule has 4 nitrogen and oxygen atoms in total. The molecule has 0 spiro atoms. The first-order valence-corrected chi connectivity index (χ1v) is 6.16. The molecule has 0 unspecified atom stereocenters. The number of carbonyl (C=O) groups is 1. The number of hydrogen-bond acceptors (Lipinski definition) is 3. The van der Waals surface area contributed by atoms with Crippen molar-refractivity contribution in [2.75, 3.05) is 26.7 Å².